The van der Waals surface area contributed by atoms with Gasteiger partial charge in [-0.25, -0.2) is 8.42 Å². The highest BCUT2D eigenvalue weighted by atomic mass is 32.2. The number of carbonyl (C=O) groups is 1. The van der Waals surface area contributed by atoms with E-state index in [2.05, 4.69) is 5.10 Å². The minimum absolute atomic E-state index is 0.0574. The van der Waals surface area contributed by atoms with Crippen molar-refractivity contribution in [2.45, 2.75) is 37.6 Å². The Morgan fingerprint density at radius 1 is 1.41 bits per heavy atom. The quantitative estimate of drug-likeness (QED) is 0.842. The Bertz CT molecular complexity index is 665. The molecule has 1 aromatic rings. The number of hydrogen-bond acceptors (Lipinski definition) is 4. The fourth-order valence-electron chi connectivity index (χ4n) is 3.23. The molecule has 1 aliphatic carbocycles. The molecule has 1 aromatic heterocycles. The summed E-state index contributed by atoms with van der Waals surface area (Å²) in [6, 6.07) is 0. The molecule has 1 aliphatic heterocycles. The van der Waals surface area contributed by atoms with Crippen molar-refractivity contribution in [2.24, 2.45) is 17.8 Å². The van der Waals surface area contributed by atoms with Crippen molar-refractivity contribution in [3.8, 4) is 0 Å². The molecular weight excluding hydrogens is 306 g/mol. The van der Waals surface area contributed by atoms with Crippen LogP contribution in [0.15, 0.2) is 17.3 Å². The van der Waals surface area contributed by atoms with Gasteiger partial charge >= 0.3 is 5.97 Å². The van der Waals surface area contributed by atoms with Crippen LogP contribution in [0.5, 0.6) is 0 Å². The second kappa shape index (κ2) is 5.66. The lowest BCUT2D eigenvalue weighted by Crippen LogP contribution is -2.29. The number of carboxylic acid groups (broad SMARTS) is 1. The van der Waals surface area contributed by atoms with Gasteiger partial charge < -0.3 is 5.11 Å². The van der Waals surface area contributed by atoms with E-state index >= 15 is 0 Å². The van der Waals surface area contributed by atoms with Crippen LogP contribution in [0.2, 0.25) is 0 Å². The Morgan fingerprint density at radius 3 is 2.73 bits per heavy atom. The number of sulfonamides is 1. The average Bonchev–Trinajstić information content (AvgIpc) is 3.02. The molecule has 0 spiro atoms. The molecule has 3 rings (SSSR count). The summed E-state index contributed by atoms with van der Waals surface area (Å²) in [6.07, 6.45) is 5.77. The Balaban J connectivity index is 1.81. The van der Waals surface area contributed by atoms with Gasteiger partial charge in [0.1, 0.15) is 4.90 Å². The predicted octanol–water partition coefficient (Wildman–Crippen LogP) is 1.02. The summed E-state index contributed by atoms with van der Waals surface area (Å²) < 4.78 is 28.3. The van der Waals surface area contributed by atoms with E-state index in [-0.39, 0.29) is 17.4 Å². The van der Waals surface area contributed by atoms with Crippen LogP contribution in [0.1, 0.15) is 26.2 Å². The highest BCUT2D eigenvalue weighted by Gasteiger charge is 2.48. The van der Waals surface area contributed by atoms with Crippen LogP contribution in [0.3, 0.4) is 0 Å². The van der Waals surface area contributed by atoms with E-state index < -0.39 is 21.9 Å². The van der Waals surface area contributed by atoms with Crippen molar-refractivity contribution in [1.82, 2.24) is 14.1 Å². The van der Waals surface area contributed by atoms with Gasteiger partial charge in [0.05, 0.1) is 12.1 Å². The molecule has 2 atom stereocenters. The van der Waals surface area contributed by atoms with E-state index in [1.807, 2.05) is 6.92 Å². The molecule has 1 saturated heterocycles. The van der Waals surface area contributed by atoms with Crippen molar-refractivity contribution in [3.05, 3.63) is 12.4 Å². The van der Waals surface area contributed by atoms with Crippen molar-refractivity contribution in [3.63, 3.8) is 0 Å². The molecule has 2 aliphatic rings. The zero-order valence-electron chi connectivity index (χ0n) is 12.6. The first-order valence-corrected chi connectivity index (χ1v) is 9.13. The third-order valence-corrected chi connectivity index (χ3v) is 6.36. The lowest BCUT2D eigenvalue weighted by molar-refractivity contribution is -0.142. The first-order chi connectivity index (χ1) is 10.4. The molecular formula is C14H21N3O4S. The maximum atomic E-state index is 12.7. The number of aliphatic carboxylic acids is 1. The maximum absolute atomic E-state index is 12.7. The van der Waals surface area contributed by atoms with E-state index in [9.17, 15) is 18.3 Å². The number of aromatic nitrogens is 2. The summed E-state index contributed by atoms with van der Waals surface area (Å²) >= 11 is 0. The van der Waals surface area contributed by atoms with Gasteiger partial charge in [-0.1, -0.05) is 6.92 Å². The van der Waals surface area contributed by atoms with Crippen molar-refractivity contribution >= 4 is 16.0 Å². The van der Waals surface area contributed by atoms with Crippen LogP contribution in [0.4, 0.5) is 0 Å². The number of aryl methyl sites for hydroxylation is 1. The lowest BCUT2D eigenvalue weighted by atomic mass is 9.92. The van der Waals surface area contributed by atoms with Crippen LogP contribution >= 0.6 is 0 Å². The number of hydrogen-bond donors (Lipinski definition) is 1. The summed E-state index contributed by atoms with van der Waals surface area (Å²) in [5.74, 6) is -1.17. The summed E-state index contributed by atoms with van der Waals surface area (Å²) in [5.41, 5.74) is 0. The zero-order chi connectivity index (χ0) is 15.9. The molecule has 1 N–H and O–H groups in total. The largest absolute Gasteiger partial charge is 0.481 e. The van der Waals surface area contributed by atoms with Gasteiger partial charge in [-0.2, -0.15) is 9.40 Å². The molecule has 0 unspecified atom stereocenters. The number of carboxylic acids is 1. The Labute approximate surface area is 130 Å². The van der Waals surface area contributed by atoms with Gasteiger partial charge in [0, 0.05) is 25.8 Å². The molecule has 8 heteroatoms. The van der Waals surface area contributed by atoms with E-state index in [4.69, 9.17) is 0 Å². The summed E-state index contributed by atoms with van der Waals surface area (Å²) in [7, 11) is -3.65. The van der Waals surface area contributed by atoms with Gasteiger partial charge in [0.25, 0.3) is 0 Å². The summed E-state index contributed by atoms with van der Waals surface area (Å²) in [5, 5.41) is 13.4. The highest BCUT2D eigenvalue weighted by molar-refractivity contribution is 7.89. The van der Waals surface area contributed by atoms with Gasteiger partial charge in [-0.05, 0) is 31.1 Å². The number of rotatable bonds is 6. The van der Waals surface area contributed by atoms with Gasteiger partial charge in [0.2, 0.25) is 10.0 Å². The van der Waals surface area contributed by atoms with Crippen molar-refractivity contribution in [2.75, 3.05) is 13.1 Å². The lowest BCUT2D eigenvalue weighted by Gasteiger charge is -2.14. The van der Waals surface area contributed by atoms with E-state index in [1.165, 1.54) is 16.7 Å². The van der Waals surface area contributed by atoms with Crippen LogP contribution in [0, 0.1) is 17.8 Å². The fraction of sp³-hybridized carbons (Fsp3) is 0.714. The molecule has 0 radical (unpaired) electrons. The third kappa shape index (κ3) is 2.77. The van der Waals surface area contributed by atoms with Crippen LogP contribution in [-0.2, 0) is 21.4 Å². The molecule has 0 aromatic carbocycles. The standard InChI is InChI=1S/C14H21N3O4S/c1-2-5-16-7-11(6-15-16)22(20,21)17-8-12(10-3-4-10)13(9-17)14(18)19/h6-7,10,12-13H,2-5,8-9H2,1H3,(H,18,19)/t12-,13+/m1/s1. The Hall–Kier alpha value is -1.41. The second-order valence-corrected chi connectivity index (χ2v) is 8.15. The summed E-state index contributed by atoms with van der Waals surface area (Å²) in [6.45, 7) is 3.03. The third-order valence-electron chi connectivity index (χ3n) is 4.58. The monoisotopic (exact) mass is 327 g/mol. The molecule has 122 valence electrons. The molecule has 0 amide bonds. The molecule has 22 heavy (non-hydrogen) atoms. The first kappa shape index (κ1) is 15.5. The zero-order valence-corrected chi connectivity index (χ0v) is 13.4. The molecule has 2 fully saturated rings. The Morgan fingerprint density at radius 2 is 2.14 bits per heavy atom. The predicted molar refractivity (Wildman–Crippen MR) is 78.6 cm³/mol. The smallest absolute Gasteiger partial charge is 0.308 e. The van der Waals surface area contributed by atoms with Gasteiger partial charge in [-0.15, -0.1) is 0 Å². The number of nitrogens with zero attached hydrogens (tertiary/aromatic N) is 3. The first-order valence-electron chi connectivity index (χ1n) is 7.69. The molecule has 1 saturated carbocycles. The second-order valence-electron chi connectivity index (χ2n) is 6.21. The minimum atomic E-state index is -3.65. The van der Waals surface area contributed by atoms with Gasteiger partial charge in [0.15, 0.2) is 0 Å². The normalized spacial score (nSPS) is 26.4. The molecule has 0 bridgehead atoms. The Kier molecular flexibility index (Phi) is 3.98. The fourth-order valence-corrected chi connectivity index (χ4v) is 4.69. The summed E-state index contributed by atoms with van der Waals surface area (Å²) in [4.78, 5) is 11.6. The van der Waals surface area contributed by atoms with Crippen molar-refractivity contribution < 1.29 is 18.3 Å². The molecule has 2 heterocycles. The van der Waals surface area contributed by atoms with Crippen LogP contribution in [-0.4, -0.2) is 46.7 Å². The topological polar surface area (TPSA) is 92.5 Å². The highest BCUT2D eigenvalue weighted by Crippen LogP contribution is 2.45. The average molecular weight is 327 g/mol. The van der Waals surface area contributed by atoms with E-state index in [0.29, 0.717) is 19.0 Å². The SMILES string of the molecule is CCCn1cc(S(=O)(=O)N2C[C@H](C(=O)O)[C@@H](C3CC3)C2)cn1. The van der Waals surface area contributed by atoms with Crippen LogP contribution in [0.25, 0.3) is 0 Å². The minimum Gasteiger partial charge on any atom is -0.481 e. The van der Waals surface area contributed by atoms with Crippen LogP contribution < -0.4 is 0 Å². The molecule has 7 nitrogen and oxygen atoms in total. The van der Waals surface area contributed by atoms with Crippen molar-refractivity contribution in [1.29, 1.82) is 0 Å². The van der Waals surface area contributed by atoms with E-state index in [1.54, 1.807) is 4.68 Å². The van der Waals surface area contributed by atoms with E-state index in [0.717, 1.165) is 19.3 Å². The maximum Gasteiger partial charge on any atom is 0.308 e. The van der Waals surface area contributed by atoms with Gasteiger partial charge in [-0.3, -0.25) is 9.48 Å².